The van der Waals surface area contributed by atoms with Gasteiger partial charge in [-0.25, -0.2) is 0 Å². The maximum absolute atomic E-state index is 5.33. The Morgan fingerprint density at radius 2 is 1.75 bits per heavy atom. The van der Waals surface area contributed by atoms with Crippen LogP contribution in [-0.4, -0.2) is 42.9 Å². The molecule has 0 saturated heterocycles. The number of aliphatic imine (C=N–C) groups is 1. The van der Waals surface area contributed by atoms with E-state index >= 15 is 0 Å². The van der Waals surface area contributed by atoms with Gasteiger partial charge in [-0.15, -0.1) is 0 Å². The zero-order valence-electron chi connectivity index (χ0n) is 11.2. The topological polar surface area (TPSA) is 40.0 Å². The summed E-state index contributed by atoms with van der Waals surface area (Å²) < 4.78 is 16.0. The standard InChI is InChI=1S/C11H25NO3Si/c1-6-11(2)10-12-8-7-9-16(13-3,14-4)15-5/h10-11H,6-9H2,1-5H3. The Morgan fingerprint density at radius 1 is 1.19 bits per heavy atom. The van der Waals surface area contributed by atoms with Crippen LogP contribution in [-0.2, 0) is 13.3 Å². The Morgan fingerprint density at radius 3 is 2.19 bits per heavy atom. The molecule has 0 N–H and O–H groups in total. The van der Waals surface area contributed by atoms with Gasteiger partial charge in [0.05, 0.1) is 0 Å². The van der Waals surface area contributed by atoms with E-state index < -0.39 is 8.80 Å². The van der Waals surface area contributed by atoms with Crippen molar-refractivity contribution in [2.75, 3.05) is 27.9 Å². The van der Waals surface area contributed by atoms with E-state index in [1.165, 1.54) is 0 Å². The first-order valence-electron chi connectivity index (χ1n) is 5.79. The monoisotopic (exact) mass is 247 g/mol. The van der Waals surface area contributed by atoms with Crippen LogP contribution in [0.15, 0.2) is 4.99 Å². The molecule has 0 spiro atoms. The smallest absolute Gasteiger partial charge is 0.377 e. The average molecular weight is 247 g/mol. The molecule has 4 nitrogen and oxygen atoms in total. The Kier molecular flexibility index (Phi) is 8.74. The van der Waals surface area contributed by atoms with E-state index in [9.17, 15) is 0 Å². The highest BCUT2D eigenvalue weighted by atomic mass is 28.4. The molecule has 1 unspecified atom stereocenters. The second-order valence-corrected chi connectivity index (χ2v) is 6.93. The third-order valence-electron chi connectivity index (χ3n) is 2.71. The predicted octanol–water partition coefficient (Wildman–Crippen LogP) is 2.37. The number of hydrogen-bond donors (Lipinski definition) is 0. The van der Waals surface area contributed by atoms with Gasteiger partial charge in [-0.2, -0.15) is 0 Å². The quantitative estimate of drug-likeness (QED) is 0.357. The fraction of sp³-hybridized carbons (Fsp3) is 0.909. The Balaban J connectivity index is 3.83. The zero-order valence-corrected chi connectivity index (χ0v) is 12.2. The minimum Gasteiger partial charge on any atom is -0.377 e. The Hall–Kier alpha value is -0.233. The summed E-state index contributed by atoms with van der Waals surface area (Å²) in [6.07, 6.45) is 4.10. The first kappa shape index (κ1) is 15.8. The van der Waals surface area contributed by atoms with Crippen molar-refractivity contribution in [3.63, 3.8) is 0 Å². The van der Waals surface area contributed by atoms with Crippen LogP contribution in [0.3, 0.4) is 0 Å². The molecule has 1 atom stereocenters. The minimum absolute atomic E-state index is 0.564. The molecular weight excluding hydrogens is 222 g/mol. The van der Waals surface area contributed by atoms with Crippen molar-refractivity contribution >= 4 is 15.0 Å². The highest BCUT2D eigenvalue weighted by molar-refractivity contribution is 6.60. The van der Waals surface area contributed by atoms with Gasteiger partial charge in [0, 0.05) is 40.1 Å². The average Bonchev–Trinajstić information content (AvgIpc) is 2.34. The number of nitrogens with zero attached hydrogens (tertiary/aromatic N) is 1. The Bertz CT molecular complexity index is 187. The van der Waals surface area contributed by atoms with E-state index in [1.54, 1.807) is 21.3 Å². The second kappa shape index (κ2) is 8.87. The van der Waals surface area contributed by atoms with E-state index in [0.717, 1.165) is 25.4 Å². The lowest BCUT2D eigenvalue weighted by Crippen LogP contribution is -2.42. The molecule has 0 aliphatic carbocycles. The van der Waals surface area contributed by atoms with Crippen LogP contribution in [0.25, 0.3) is 0 Å². The number of hydrogen-bond acceptors (Lipinski definition) is 4. The van der Waals surface area contributed by atoms with Gasteiger partial charge in [0.25, 0.3) is 0 Å². The van der Waals surface area contributed by atoms with Crippen molar-refractivity contribution < 1.29 is 13.3 Å². The molecule has 0 saturated carbocycles. The summed E-state index contributed by atoms with van der Waals surface area (Å²) in [4.78, 5) is 4.38. The van der Waals surface area contributed by atoms with Crippen LogP contribution in [0.4, 0.5) is 0 Å². The molecule has 0 fully saturated rings. The predicted molar refractivity (Wildman–Crippen MR) is 69.0 cm³/mol. The van der Waals surface area contributed by atoms with E-state index in [-0.39, 0.29) is 0 Å². The maximum atomic E-state index is 5.33. The molecule has 16 heavy (non-hydrogen) atoms. The molecule has 0 radical (unpaired) electrons. The summed E-state index contributed by atoms with van der Waals surface area (Å²) in [6, 6.07) is 0.814. The molecule has 0 rings (SSSR count). The van der Waals surface area contributed by atoms with Crippen LogP contribution in [0, 0.1) is 5.92 Å². The molecule has 0 aliphatic heterocycles. The van der Waals surface area contributed by atoms with Gasteiger partial charge >= 0.3 is 8.80 Å². The second-order valence-electron chi connectivity index (χ2n) is 3.84. The minimum atomic E-state index is -2.38. The summed E-state index contributed by atoms with van der Waals surface area (Å²) in [5, 5.41) is 0. The molecular formula is C11H25NO3Si. The molecule has 0 aromatic heterocycles. The summed E-state index contributed by atoms with van der Waals surface area (Å²) >= 11 is 0. The molecule has 0 bridgehead atoms. The number of rotatable bonds is 9. The van der Waals surface area contributed by atoms with Gasteiger partial charge in [-0.1, -0.05) is 13.8 Å². The van der Waals surface area contributed by atoms with Crippen molar-refractivity contribution in [3.8, 4) is 0 Å². The van der Waals surface area contributed by atoms with Crippen LogP contribution < -0.4 is 0 Å². The van der Waals surface area contributed by atoms with Crippen molar-refractivity contribution in [2.45, 2.75) is 32.7 Å². The van der Waals surface area contributed by atoms with Gasteiger partial charge in [-0.3, -0.25) is 4.99 Å². The third kappa shape index (κ3) is 5.74. The summed E-state index contributed by atoms with van der Waals surface area (Å²) in [7, 11) is 2.54. The summed E-state index contributed by atoms with van der Waals surface area (Å²) in [5.74, 6) is 0.564. The fourth-order valence-corrected chi connectivity index (χ4v) is 3.01. The van der Waals surface area contributed by atoms with Crippen molar-refractivity contribution in [2.24, 2.45) is 10.9 Å². The summed E-state index contributed by atoms with van der Waals surface area (Å²) in [5.41, 5.74) is 0. The first-order valence-corrected chi connectivity index (χ1v) is 7.72. The summed E-state index contributed by atoms with van der Waals surface area (Å²) in [6.45, 7) is 5.15. The largest absolute Gasteiger partial charge is 0.500 e. The molecule has 0 aliphatic rings. The van der Waals surface area contributed by atoms with E-state index in [1.807, 2.05) is 6.21 Å². The van der Waals surface area contributed by atoms with Crippen LogP contribution in [0.2, 0.25) is 6.04 Å². The highest BCUT2D eigenvalue weighted by Crippen LogP contribution is 2.14. The lowest BCUT2D eigenvalue weighted by atomic mass is 10.1. The van der Waals surface area contributed by atoms with Crippen molar-refractivity contribution in [1.82, 2.24) is 0 Å². The maximum Gasteiger partial charge on any atom is 0.500 e. The van der Waals surface area contributed by atoms with Gasteiger partial charge in [-0.05, 0) is 18.8 Å². The van der Waals surface area contributed by atoms with E-state index in [4.69, 9.17) is 13.3 Å². The van der Waals surface area contributed by atoms with E-state index in [0.29, 0.717) is 5.92 Å². The van der Waals surface area contributed by atoms with Gasteiger partial charge in [0.15, 0.2) is 0 Å². The van der Waals surface area contributed by atoms with Gasteiger partial charge in [0.1, 0.15) is 0 Å². The highest BCUT2D eigenvalue weighted by Gasteiger charge is 2.36. The first-order chi connectivity index (χ1) is 7.64. The fourth-order valence-electron chi connectivity index (χ4n) is 1.30. The lowest BCUT2D eigenvalue weighted by Gasteiger charge is -2.23. The normalized spacial score (nSPS) is 14.6. The Labute approximate surface area is 100 Å². The third-order valence-corrected chi connectivity index (χ3v) is 5.54. The molecule has 0 aromatic rings. The zero-order chi connectivity index (χ0) is 12.4. The van der Waals surface area contributed by atoms with Crippen LogP contribution in [0.5, 0.6) is 0 Å². The van der Waals surface area contributed by atoms with Crippen molar-refractivity contribution in [1.29, 1.82) is 0 Å². The van der Waals surface area contributed by atoms with Crippen LogP contribution >= 0.6 is 0 Å². The molecule has 0 amide bonds. The van der Waals surface area contributed by atoms with E-state index in [2.05, 4.69) is 18.8 Å². The molecule has 96 valence electrons. The van der Waals surface area contributed by atoms with Gasteiger partial charge in [0.2, 0.25) is 0 Å². The molecule has 0 aromatic carbocycles. The van der Waals surface area contributed by atoms with Crippen LogP contribution in [0.1, 0.15) is 26.7 Å². The lowest BCUT2D eigenvalue weighted by molar-refractivity contribution is 0.123. The molecule has 5 heteroatoms. The SMILES string of the molecule is CCC(C)C=NCCC[Si](OC)(OC)OC. The van der Waals surface area contributed by atoms with Crippen molar-refractivity contribution in [3.05, 3.63) is 0 Å². The van der Waals surface area contributed by atoms with Gasteiger partial charge < -0.3 is 13.3 Å². The molecule has 0 heterocycles.